The van der Waals surface area contributed by atoms with Crippen LogP contribution in [0.5, 0.6) is 0 Å². The first-order valence-electron chi connectivity index (χ1n) is 8.23. The van der Waals surface area contributed by atoms with Crippen molar-refractivity contribution in [1.82, 2.24) is 4.98 Å². The molecule has 1 aliphatic rings. The van der Waals surface area contributed by atoms with Crippen molar-refractivity contribution >= 4 is 17.4 Å². The van der Waals surface area contributed by atoms with Crippen LogP contribution in [0.1, 0.15) is 40.7 Å². The van der Waals surface area contributed by atoms with Crippen molar-refractivity contribution in [3.05, 3.63) is 53.2 Å². The third-order valence-corrected chi connectivity index (χ3v) is 4.32. The molecule has 0 unspecified atom stereocenters. The van der Waals surface area contributed by atoms with Gasteiger partial charge in [-0.05, 0) is 56.9 Å². The second-order valence-corrected chi connectivity index (χ2v) is 6.23. The van der Waals surface area contributed by atoms with Crippen LogP contribution in [-0.4, -0.2) is 24.0 Å². The maximum Gasteiger partial charge on any atom is 0.255 e. The second kappa shape index (κ2) is 6.82. The lowest BCUT2D eigenvalue weighted by Gasteiger charge is -2.27. The van der Waals surface area contributed by atoms with E-state index in [9.17, 15) is 4.79 Å². The van der Waals surface area contributed by atoms with E-state index in [0.29, 0.717) is 5.56 Å². The number of carbonyl (C=O) groups excluding carboxylic acids is 1. The van der Waals surface area contributed by atoms with Crippen LogP contribution >= 0.6 is 0 Å². The van der Waals surface area contributed by atoms with Crippen molar-refractivity contribution in [2.75, 3.05) is 23.3 Å². The van der Waals surface area contributed by atoms with Crippen LogP contribution in [0.15, 0.2) is 36.5 Å². The van der Waals surface area contributed by atoms with Gasteiger partial charge in [-0.3, -0.25) is 4.79 Å². The summed E-state index contributed by atoms with van der Waals surface area (Å²) in [6, 6.07) is 9.83. The molecule has 1 fully saturated rings. The van der Waals surface area contributed by atoms with Crippen molar-refractivity contribution in [2.24, 2.45) is 0 Å². The number of benzene rings is 1. The molecule has 0 aliphatic carbocycles. The number of hydrogen-bond acceptors (Lipinski definition) is 3. The van der Waals surface area contributed by atoms with E-state index in [1.807, 2.05) is 44.2 Å². The standard InChI is InChI=1S/C19H23N3O/c1-14-6-7-15(2)17(12-14)19(23)21-16-8-9-18(20-13-16)22-10-4-3-5-11-22/h6-9,12-13H,3-5,10-11H2,1-2H3,(H,21,23). The number of piperidine rings is 1. The van der Waals surface area contributed by atoms with Gasteiger partial charge >= 0.3 is 0 Å². The summed E-state index contributed by atoms with van der Waals surface area (Å²) in [7, 11) is 0. The molecule has 1 amide bonds. The van der Waals surface area contributed by atoms with E-state index in [1.54, 1.807) is 6.20 Å². The van der Waals surface area contributed by atoms with Gasteiger partial charge in [0.2, 0.25) is 0 Å². The first-order valence-corrected chi connectivity index (χ1v) is 8.23. The number of pyridine rings is 1. The Balaban J connectivity index is 1.70. The molecule has 1 aromatic heterocycles. The van der Waals surface area contributed by atoms with Crippen molar-refractivity contribution in [2.45, 2.75) is 33.1 Å². The monoisotopic (exact) mass is 309 g/mol. The molecule has 4 heteroatoms. The fourth-order valence-corrected chi connectivity index (χ4v) is 2.95. The quantitative estimate of drug-likeness (QED) is 0.934. The van der Waals surface area contributed by atoms with E-state index in [2.05, 4.69) is 15.2 Å². The molecule has 23 heavy (non-hydrogen) atoms. The van der Waals surface area contributed by atoms with Gasteiger partial charge in [-0.1, -0.05) is 17.7 Å². The minimum atomic E-state index is -0.0845. The van der Waals surface area contributed by atoms with Crippen LogP contribution in [0.25, 0.3) is 0 Å². The molecule has 2 aromatic rings. The highest BCUT2D eigenvalue weighted by Gasteiger charge is 2.13. The highest BCUT2D eigenvalue weighted by atomic mass is 16.1. The molecule has 0 radical (unpaired) electrons. The first-order chi connectivity index (χ1) is 11.1. The van der Waals surface area contributed by atoms with Crippen LogP contribution in [0.2, 0.25) is 0 Å². The van der Waals surface area contributed by atoms with Gasteiger partial charge in [-0.25, -0.2) is 4.98 Å². The lowest BCUT2D eigenvalue weighted by molar-refractivity contribution is 0.102. The van der Waals surface area contributed by atoms with Crippen molar-refractivity contribution < 1.29 is 4.79 Å². The molecule has 4 nitrogen and oxygen atoms in total. The van der Waals surface area contributed by atoms with Gasteiger partial charge in [-0.15, -0.1) is 0 Å². The highest BCUT2D eigenvalue weighted by molar-refractivity contribution is 6.05. The fourth-order valence-electron chi connectivity index (χ4n) is 2.95. The molecule has 0 saturated carbocycles. The molecule has 0 atom stereocenters. The van der Waals surface area contributed by atoms with Crippen molar-refractivity contribution in [3.63, 3.8) is 0 Å². The SMILES string of the molecule is Cc1ccc(C)c(C(=O)Nc2ccc(N3CCCCC3)nc2)c1. The number of aryl methyl sites for hydroxylation is 2. The molecule has 3 rings (SSSR count). The summed E-state index contributed by atoms with van der Waals surface area (Å²) in [5, 5.41) is 2.94. The Morgan fingerprint density at radius 1 is 1.09 bits per heavy atom. The smallest absolute Gasteiger partial charge is 0.255 e. The van der Waals surface area contributed by atoms with Crippen LogP contribution in [0.3, 0.4) is 0 Å². The van der Waals surface area contributed by atoms with Crippen LogP contribution in [0.4, 0.5) is 11.5 Å². The predicted molar refractivity (Wildman–Crippen MR) is 94.2 cm³/mol. The maximum atomic E-state index is 12.4. The Morgan fingerprint density at radius 2 is 1.87 bits per heavy atom. The number of amides is 1. The molecule has 0 bridgehead atoms. The Bertz CT molecular complexity index is 688. The topological polar surface area (TPSA) is 45.2 Å². The van der Waals surface area contributed by atoms with E-state index in [-0.39, 0.29) is 5.91 Å². The molecule has 0 spiro atoms. The summed E-state index contributed by atoms with van der Waals surface area (Å²) < 4.78 is 0. The number of carbonyl (C=O) groups is 1. The van der Waals surface area contributed by atoms with E-state index in [0.717, 1.165) is 35.7 Å². The van der Waals surface area contributed by atoms with E-state index in [1.165, 1.54) is 19.3 Å². The lowest BCUT2D eigenvalue weighted by atomic mass is 10.1. The van der Waals surface area contributed by atoms with Gasteiger partial charge in [0.15, 0.2) is 0 Å². The number of anilines is 2. The summed E-state index contributed by atoms with van der Waals surface area (Å²) in [6.45, 7) is 6.08. The summed E-state index contributed by atoms with van der Waals surface area (Å²) in [4.78, 5) is 19.2. The zero-order valence-electron chi connectivity index (χ0n) is 13.8. The predicted octanol–water partition coefficient (Wildman–Crippen LogP) is 3.94. The second-order valence-electron chi connectivity index (χ2n) is 6.23. The first kappa shape index (κ1) is 15.5. The van der Waals surface area contributed by atoms with Crippen molar-refractivity contribution in [1.29, 1.82) is 0 Å². The van der Waals surface area contributed by atoms with Crippen molar-refractivity contribution in [3.8, 4) is 0 Å². The van der Waals surface area contributed by atoms with Crippen LogP contribution in [0, 0.1) is 13.8 Å². The molecular weight excluding hydrogens is 286 g/mol. The van der Waals surface area contributed by atoms with Gasteiger partial charge in [0.25, 0.3) is 5.91 Å². The maximum absolute atomic E-state index is 12.4. The lowest BCUT2D eigenvalue weighted by Crippen LogP contribution is -2.30. The average molecular weight is 309 g/mol. The van der Waals surface area contributed by atoms with Gasteiger partial charge < -0.3 is 10.2 Å². The van der Waals surface area contributed by atoms with Gasteiger partial charge in [0.1, 0.15) is 5.82 Å². The molecule has 1 N–H and O–H groups in total. The van der Waals surface area contributed by atoms with E-state index >= 15 is 0 Å². The fraction of sp³-hybridized carbons (Fsp3) is 0.368. The molecule has 1 aliphatic heterocycles. The third-order valence-electron chi connectivity index (χ3n) is 4.32. The Hall–Kier alpha value is -2.36. The van der Waals surface area contributed by atoms with Gasteiger partial charge in [0, 0.05) is 18.7 Å². The Kier molecular flexibility index (Phi) is 4.60. The minimum absolute atomic E-state index is 0.0845. The molecule has 2 heterocycles. The number of hydrogen-bond donors (Lipinski definition) is 1. The molecule has 1 aromatic carbocycles. The summed E-state index contributed by atoms with van der Waals surface area (Å²) in [5.74, 6) is 0.910. The average Bonchev–Trinajstić information content (AvgIpc) is 2.58. The number of nitrogens with one attached hydrogen (secondary N) is 1. The molecular formula is C19H23N3O. The van der Waals surface area contributed by atoms with Gasteiger partial charge in [0.05, 0.1) is 11.9 Å². The summed E-state index contributed by atoms with van der Waals surface area (Å²) in [5.41, 5.74) is 3.51. The number of nitrogens with zero attached hydrogens (tertiary/aromatic N) is 2. The Morgan fingerprint density at radius 3 is 2.57 bits per heavy atom. The zero-order valence-corrected chi connectivity index (χ0v) is 13.8. The third kappa shape index (κ3) is 3.70. The minimum Gasteiger partial charge on any atom is -0.357 e. The number of aromatic nitrogens is 1. The molecule has 120 valence electrons. The zero-order chi connectivity index (χ0) is 16.2. The Labute approximate surface area is 137 Å². The number of rotatable bonds is 3. The molecule has 1 saturated heterocycles. The van der Waals surface area contributed by atoms with Crippen LogP contribution in [-0.2, 0) is 0 Å². The van der Waals surface area contributed by atoms with E-state index in [4.69, 9.17) is 0 Å². The largest absolute Gasteiger partial charge is 0.357 e. The summed E-state index contributed by atoms with van der Waals surface area (Å²) in [6.07, 6.45) is 5.51. The van der Waals surface area contributed by atoms with Gasteiger partial charge in [-0.2, -0.15) is 0 Å². The summed E-state index contributed by atoms with van der Waals surface area (Å²) >= 11 is 0. The van der Waals surface area contributed by atoms with E-state index < -0.39 is 0 Å². The van der Waals surface area contributed by atoms with Crippen LogP contribution < -0.4 is 10.2 Å². The highest BCUT2D eigenvalue weighted by Crippen LogP contribution is 2.20. The normalized spacial score (nSPS) is 14.6.